The first-order valence-corrected chi connectivity index (χ1v) is 6.79. The van der Waals surface area contributed by atoms with Gasteiger partial charge in [-0.25, -0.2) is 0 Å². The minimum atomic E-state index is 0. The highest BCUT2D eigenvalue weighted by Crippen LogP contribution is 2.25. The molecule has 0 aliphatic carbocycles. The highest BCUT2D eigenvalue weighted by atomic mass is 35.5. The minimum absolute atomic E-state index is 0. The summed E-state index contributed by atoms with van der Waals surface area (Å²) in [6, 6.07) is 0.0935. The van der Waals surface area contributed by atoms with Gasteiger partial charge in [0.1, 0.15) is 0 Å². The van der Waals surface area contributed by atoms with Gasteiger partial charge in [-0.05, 0) is 26.7 Å². The summed E-state index contributed by atoms with van der Waals surface area (Å²) in [4.78, 5) is 12.3. The zero-order valence-corrected chi connectivity index (χ0v) is 12.7. The van der Waals surface area contributed by atoms with Crippen LogP contribution in [0.5, 0.6) is 0 Å². The van der Waals surface area contributed by atoms with Crippen LogP contribution in [0.4, 0.5) is 0 Å². The van der Waals surface area contributed by atoms with Crippen LogP contribution in [-0.2, 0) is 14.3 Å². The van der Waals surface area contributed by atoms with Crippen LogP contribution in [0.1, 0.15) is 26.7 Å². The average molecular weight is 293 g/mol. The maximum atomic E-state index is 12.3. The van der Waals surface area contributed by atoms with Crippen LogP contribution in [0.25, 0.3) is 0 Å². The summed E-state index contributed by atoms with van der Waals surface area (Å²) in [5, 5.41) is 6.34. The molecule has 2 heterocycles. The Hall–Kier alpha value is -0.360. The van der Waals surface area contributed by atoms with Crippen molar-refractivity contribution in [2.45, 2.75) is 51.0 Å². The summed E-state index contributed by atoms with van der Waals surface area (Å²) in [7, 11) is 1.69. The molecule has 1 amide bonds. The highest BCUT2D eigenvalue weighted by molar-refractivity contribution is 5.85. The highest BCUT2D eigenvalue weighted by Gasteiger charge is 2.33. The van der Waals surface area contributed by atoms with Gasteiger partial charge in [0.15, 0.2) is 0 Å². The summed E-state index contributed by atoms with van der Waals surface area (Å²) in [6.45, 7) is 5.66. The second-order valence-electron chi connectivity index (χ2n) is 5.47. The number of nitrogens with one attached hydrogen (secondary N) is 2. The molecule has 0 spiro atoms. The second kappa shape index (κ2) is 7.43. The Kier molecular flexibility index (Phi) is 6.53. The van der Waals surface area contributed by atoms with E-state index in [4.69, 9.17) is 9.47 Å². The zero-order chi connectivity index (χ0) is 13.1. The van der Waals surface area contributed by atoms with E-state index in [0.29, 0.717) is 0 Å². The van der Waals surface area contributed by atoms with Gasteiger partial charge in [-0.3, -0.25) is 4.79 Å². The van der Waals surface area contributed by atoms with Gasteiger partial charge in [0.25, 0.3) is 0 Å². The second-order valence-corrected chi connectivity index (χ2v) is 5.47. The third kappa shape index (κ3) is 4.31. The number of carbonyl (C=O) groups is 1. The van der Waals surface area contributed by atoms with Crippen molar-refractivity contribution in [3.63, 3.8) is 0 Å². The fourth-order valence-corrected chi connectivity index (χ4v) is 2.97. The molecular weight excluding hydrogens is 268 g/mol. The van der Waals surface area contributed by atoms with E-state index >= 15 is 0 Å². The molecule has 2 aliphatic heterocycles. The van der Waals surface area contributed by atoms with E-state index in [1.807, 2.05) is 13.8 Å². The summed E-state index contributed by atoms with van der Waals surface area (Å²) in [6.07, 6.45) is 2.06. The van der Waals surface area contributed by atoms with Crippen molar-refractivity contribution >= 4 is 18.3 Å². The normalized spacial score (nSPS) is 38.6. The predicted molar refractivity (Wildman–Crippen MR) is 75.6 cm³/mol. The number of carbonyl (C=O) groups excluding carboxylic acids is 1. The van der Waals surface area contributed by atoms with Crippen LogP contribution < -0.4 is 10.6 Å². The van der Waals surface area contributed by atoms with E-state index in [2.05, 4.69) is 10.6 Å². The number of ether oxygens (including phenoxy) is 2. The summed E-state index contributed by atoms with van der Waals surface area (Å²) >= 11 is 0. The van der Waals surface area contributed by atoms with Gasteiger partial charge < -0.3 is 20.1 Å². The van der Waals surface area contributed by atoms with Crippen molar-refractivity contribution in [2.75, 3.05) is 20.2 Å². The molecule has 2 N–H and O–H groups in total. The van der Waals surface area contributed by atoms with Crippen LogP contribution in [0.15, 0.2) is 0 Å². The van der Waals surface area contributed by atoms with Crippen molar-refractivity contribution in [1.82, 2.24) is 10.6 Å². The zero-order valence-electron chi connectivity index (χ0n) is 11.8. The number of hydrogen-bond donors (Lipinski definition) is 2. The first-order chi connectivity index (χ1) is 8.60. The molecule has 0 aromatic carbocycles. The molecule has 5 nitrogen and oxygen atoms in total. The lowest BCUT2D eigenvalue weighted by molar-refractivity contribution is -0.134. The van der Waals surface area contributed by atoms with Gasteiger partial charge in [-0.1, -0.05) is 0 Å². The van der Waals surface area contributed by atoms with E-state index < -0.39 is 0 Å². The third-order valence-corrected chi connectivity index (χ3v) is 3.86. The molecule has 2 saturated heterocycles. The number of hydrogen-bond acceptors (Lipinski definition) is 4. The number of amides is 1. The topological polar surface area (TPSA) is 59.6 Å². The predicted octanol–water partition coefficient (Wildman–Crippen LogP) is 0.715. The van der Waals surface area contributed by atoms with Crippen molar-refractivity contribution < 1.29 is 14.3 Å². The molecule has 19 heavy (non-hydrogen) atoms. The van der Waals surface area contributed by atoms with E-state index in [-0.39, 0.29) is 48.6 Å². The Morgan fingerprint density at radius 1 is 1.26 bits per heavy atom. The van der Waals surface area contributed by atoms with E-state index in [0.717, 1.165) is 25.9 Å². The lowest BCUT2D eigenvalue weighted by atomic mass is 9.91. The van der Waals surface area contributed by atoms with E-state index in [1.54, 1.807) is 7.11 Å². The lowest BCUT2D eigenvalue weighted by Crippen LogP contribution is -2.48. The van der Waals surface area contributed by atoms with Gasteiger partial charge >= 0.3 is 0 Å². The largest absolute Gasteiger partial charge is 0.378 e. The summed E-state index contributed by atoms with van der Waals surface area (Å²) in [5.41, 5.74) is 0. The SMILES string of the molecule is CO[C@H]1CNCC1NC(=O)C1CC(C)OC(C)C1.Cl. The van der Waals surface area contributed by atoms with Crippen molar-refractivity contribution in [1.29, 1.82) is 0 Å². The minimum Gasteiger partial charge on any atom is -0.378 e. The summed E-state index contributed by atoms with van der Waals surface area (Å²) < 4.78 is 11.0. The Morgan fingerprint density at radius 3 is 2.47 bits per heavy atom. The smallest absolute Gasteiger partial charge is 0.223 e. The monoisotopic (exact) mass is 292 g/mol. The van der Waals surface area contributed by atoms with E-state index in [9.17, 15) is 4.79 Å². The van der Waals surface area contributed by atoms with Crippen LogP contribution in [0.3, 0.4) is 0 Å². The van der Waals surface area contributed by atoms with Gasteiger partial charge in [-0.15, -0.1) is 12.4 Å². The molecule has 2 fully saturated rings. The fourth-order valence-electron chi connectivity index (χ4n) is 2.97. The molecule has 0 bridgehead atoms. The molecule has 4 atom stereocenters. The molecule has 112 valence electrons. The first kappa shape index (κ1) is 16.7. The van der Waals surface area contributed by atoms with Crippen molar-refractivity contribution in [3.8, 4) is 0 Å². The average Bonchev–Trinajstić information content (AvgIpc) is 2.75. The number of rotatable bonds is 3. The third-order valence-electron chi connectivity index (χ3n) is 3.86. The van der Waals surface area contributed by atoms with Gasteiger partial charge in [0.2, 0.25) is 5.91 Å². The molecule has 3 unspecified atom stereocenters. The van der Waals surface area contributed by atoms with Gasteiger partial charge in [0.05, 0.1) is 24.4 Å². The maximum absolute atomic E-state index is 12.3. The van der Waals surface area contributed by atoms with Gasteiger partial charge in [0, 0.05) is 26.1 Å². The number of methoxy groups -OCH3 is 1. The number of halogens is 1. The summed E-state index contributed by atoms with van der Waals surface area (Å²) in [5.74, 6) is 0.217. The molecular formula is C13H25ClN2O3. The fraction of sp³-hybridized carbons (Fsp3) is 0.923. The van der Waals surface area contributed by atoms with Crippen molar-refractivity contribution in [3.05, 3.63) is 0 Å². The molecule has 0 saturated carbocycles. The van der Waals surface area contributed by atoms with Crippen LogP contribution in [-0.4, -0.2) is 50.5 Å². The Labute approximate surface area is 121 Å². The van der Waals surface area contributed by atoms with Crippen LogP contribution in [0.2, 0.25) is 0 Å². The van der Waals surface area contributed by atoms with Gasteiger partial charge in [-0.2, -0.15) is 0 Å². The Balaban J connectivity index is 0.00000180. The Morgan fingerprint density at radius 2 is 1.89 bits per heavy atom. The standard InChI is InChI=1S/C13H24N2O3.ClH/c1-8-4-10(5-9(2)18-8)13(16)15-11-6-14-7-12(11)17-3;/h8-12,14H,4-7H2,1-3H3,(H,15,16);1H/t8?,9?,10?,11?,12-;/m0./s1. The van der Waals surface area contributed by atoms with Crippen molar-refractivity contribution in [2.24, 2.45) is 5.92 Å². The Bertz CT molecular complexity index is 294. The molecule has 0 aromatic heterocycles. The molecule has 0 aromatic rings. The van der Waals surface area contributed by atoms with Crippen LogP contribution >= 0.6 is 12.4 Å². The molecule has 2 aliphatic rings. The van der Waals surface area contributed by atoms with Crippen LogP contribution in [0, 0.1) is 5.92 Å². The molecule has 2 rings (SSSR count). The quantitative estimate of drug-likeness (QED) is 0.804. The molecule has 0 radical (unpaired) electrons. The van der Waals surface area contributed by atoms with E-state index in [1.165, 1.54) is 0 Å². The maximum Gasteiger partial charge on any atom is 0.223 e. The first-order valence-electron chi connectivity index (χ1n) is 6.79. The molecule has 6 heteroatoms. The lowest BCUT2D eigenvalue weighted by Gasteiger charge is -2.32.